The lowest BCUT2D eigenvalue weighted by Crippen LogP contribution is -2.46. The predicted molar refractivity (Wildman–Crippen MR) is 138 cm³/mol. The molecule has 1 aromatic heterocycles. The van der Waals surface area contributed by atoms with Crippen molar-refractivity contribution < 1.29 is 17.9 Å². The fourth-order valence-electron chi connectivity index (χ4n) is 4.13. The number of hydrogen-bond acceptors (Lipinski definition) is 6. The Hall–Kier alpha value is -2.59. The van der Waals surface area contributed by atoms with Crippen LogP contribution in [0.3, 0.4) is 0 Å². The predicted octanol–water partition coefficient (Wildman–Crippen LogP) is 4.18. The molecular formula is C24H26Cl2N4O4S. The van der Waals surface area contributed by atoms with Gasteiger partial charge in [-0.2, -0.15) is 4.31 Å². The average molecular weight is 537 g/mol. The second-order valence-corrected chi connectivity index (χ2v) is 11.0. The summed E-state index contributed by atoms with van der Waals surface area (Å²) in [6.07, 6.45) is 2.93. The van der Waals surface area contributed by atoms with Crippen molar-refractivity contribution in [3.63, 3.8) is 0 Å². The number of benzene rings is 2. The van der Waals surface area contributed by atoms with E-state index in [1.165, 1.54) is 29.6 Å². The summed E-state index contributed by atoms with van der Waals surface area (Å²) in [5.74, 6) is -0.180. The van der Waals surface area contributed by atoms with Gasteiger partial charge in [-0.25, -0.2) is 8.42 Å². The van der Waals surface area contributed by atoms with Crippen LogP contribution in [0, 0.1) is 5.92 Å². The Morgan fingerprint density at radius 1 is 1.17 bits per heavy atom. The van der Waals surface area contributed by atoms with Crippen molar-refractivity contribution in [2.24, 2.45) is 5.92 Å². The Morgan fingerprint density at radius 2 is 2.00 bits per heavy atom. The van der Waals surface area contributed by atoms with Crippen LogP contribution in [0.1, 0.15) is 12.8 Å². The molecule has 1 aliphatic rings. The number of ether oxygens (including phenoxy) is 1. The maximum atomic E-state index is 13.1. The summed E-state index contributed by atoms with van der Waals surface area (Å²) < 4.78 is 32.7. The highest BCUT2D eigenvalue weighted by molar-refractivity contribution is 7.89. The Morgan fingerprint density at radius 3 is 2.77 bits per heavy atom. The van der Waals surface area contributed by atoms with Crippen LogP contribution in [0.15, 0.2) is 53.6 Å². The minimum atomic E-state index is -3.78. The summed E-state index contributed by atoms with van der Waals surface area (Å²) in [5, 5.41) is 8.00. The van der Waals surface area contributed by atoms with E-state index in [2.05, 4.69) is 15.6 Å². The number of sulfonamides is 1. The monoisotopic (exact) mass is 536 g/mol. The van der Waals surface area contributed by atoms with Crippen LogP contribution in [-0.2, 0) is 14.8 Å². The van der Waals surface area contributed by atoms with Gasteiger partial charge in [-0.15, -0.1) is 0 Å². The number of anilines is 1. The van der Waals surface area contributed by atoms with Crippen LogP contribution >= 0.6 is 23.2 Å². The van der Waals surface area contributed by atoms with Crippen molar-refractivity contribution in [3.8, 4) is 5.75 Å². The molecular weight excluding hydrogens is 511 g/mol. The molecule has 2 N–H and O–H groups in total. The third kappa shape index (κ3) is 5.81. The van der Waals surface area contributed by atoms with Crippen molar-refractivity contribution >= 4 is 55.7 Å². The minimum absolute atomic E-state index is 0.0828. The number of halogens is 2. The van der Waals surface area contributed by atoms with Crippen molar-refractivity contribution in [1.82, 2.24) is 14.6 Å². The number of pyridine rings is 1. The second kappa shape index (κ2) is 11.0. The van der Waals surface area contributed by atoms with Crippen molar-refractivity contribution in [2.45, 2.75) is 17.7 Å². The van der Waals surface area contributed by atoms with Crippen LogP contribution in [0.2, 0.25) is 10.0 Å². The molecule has 2 aromatic carbocycles. The third-order valence-corrected chi connectivity index (χ3v) is 8.35. The van der Waals surface area contributed by atoms with Gasteiger partial charge in [0.05, 0.1) is 28.5 Å². The standard InChI is InChI=1S/C24H26Cl2N4O4S/c1-34-23-7-5-18(14-20(23)26)35(32,33)30-12-2-3-16(15-30)24(31)29-11-10-28-21-8-9-27-22-13-17(25)4-6-19(21)22/h4-9,13-14,16H,2-3,10-12,15H2,1H3,(H,27,28)(H,29,31)/t16-/m1/s1. The smallest absolute Gasteiger partial charge is 0.243 e. The second-order valence-electron chi connectivity index (χ2n) is 8.24. The first-order valence-electron chi connectivity index (χ1n) is 11.2. The zero-order valence-electron chi connectivity index (χ0n) is 19.1. The largest absolute Gasteiger partial charge is 0.495 e. The number of nitrogens with zero attached hydrogens (tertiary/aromatic N) is 2. The molecule has 0 aliphatic carbocycles. The number of nitrogens with one attached hydrogen (secondary N) is 2. The van der Waals surface area contributed by atoms with Gasteiger partial charge >= 0.3 is 0 Å². The van der Waals surface area contributed by atoms with Gasteiger partial charge in [-0.1, -0.05) is 23.2 Å². The van der Waals surface area contributed by atoms with E-state index in [1.807, 2.05) is 12.1 Å². The van der Waals surface area contributed by atoms with E-state index >= 15 is 0 Å². The molecule has 0 unspecified atom stereocenters. The number of methoxy groups -OCH3 is 1. The molecule has 8 nitrogen and oxygen atoms in total. The minimum Gasteiger partial charge on any atom is -0.495 e. The zero-order valence-corrected chi connectivity index (χ0v) is 21.5. The van der Waals surface area contributed by atoms with E-state index in [9.17, 15) is 13.2 Å². The molecule has 186 valence electrons. The first-order valence-corrected chi connectivity index (χ1v) is 13.4. The Labute approximate surface area is 214 Å². The van der Waals surface area contributed by atoms with Gasteiger partial charge < -0.3 is 15.4 Å². The summed E-state index contributed by atoms with van der Waals surface area (Å²) >= 11 is 12.2. The molecule has 1 aliphatic heterocycles. The summed E-state index contributed by atoms with van der Waals surface area (Å²) in [5.41, 5.74) is 1.68. The average Bonchev–Trinajstić information content (AvgIpc) is 2.86. The number of amides is 1. The number of piperidine rings is 1. The first kappa shape index (κ1) is 25.5. The van der Waals surface area contributed by atoms with Crippen molar-refractivity contribution in [1.29, 1.82) is 0 Å². The molecule has 0 spiro atoms. The van der Waals surface area contributed by atoms with Gasteiger partial charge in [0, 0.05) is 48.5 Å². The highest BCUT2D eigenvalue weighted by atomic mass is 35.5. The molecule has 1 amide bonds. The first-order chi connectivity index (χ1) is 16.8. The Balaban J connectivity index is 1.33. The maximum Gasteiger partial charge on any atom is 0.243 e. The molecule has 35 heavy (non-hydrogen) atoms. The lowest BCUT2D eigenvalue weighted by molar-refractivity contribution is -0.125. The van der Waals surface area contributed by atoms with E-state index in [0.717, 1.165) is 16.6 Å². The summed E-state index contributed by atoms with van der Waals surface area (Å²) in [6, 6.07) is 11.7. The van der Waals surface area contributed by atoms with Crippen molar-refractivity contribution in [3.05, 3.63) is 58.7 Å². The number of carbonyl (C=O) groups is 1. The number of hydrogen-bond donors (Lipinski definition) is 2. The fourth-order valence-corrected chi connectivity index (χ4v) is 6.17. The van der Waals surface area contributed by atoms with Crippen LogP contribution in [-0.4, -0.2) is 56.9 Å². The van der Waals surface area contributed by atoms with Gasteiger partial charge in [0.1, 0.15) is 5.75 Å². The molecule has 2 heterocycles. The van der Waals surface area contributed by atoms with E-state index in [1.54, 1.807) is 18.3 Å². The molecule has 0 saturated carbocycles. The Bertz CT molecular complexity index is 1340. The SMILES string of the molecule is COc1ccc(S(=O)(=O)N2CCC[C@@H](C(=O)NCCNc3ccnc4cc(Cl)ccc34)C2)cc1Cl. The molecule has 4 rings (SSSR count). The van der Waals surface area contributed by atoms with E-state index < -0.39 is 15.9 Å². The Kier molecular flexibility index (Phi) is 8.01. The maximum absolute atomic E-state index is 13.1. The number of carbonyl (C=O) groups excluding carboxylic acids is 1. The third-order valence-electron chi connectivity index (χ3n) is 5.96. The number of fused-ring (bicyclic) bond motifs is 1. The fraction of sp³-hybridized carbons (Fsp3) is 0.333. The molecule has 3 aromatic rings. The molecule has 1 atom stereocenters. The number of rotatable bonds is 8. The number of aromatic nitrogens is 1. The summed E-state index contributed by atoms with van der Waals surface area (Å²) in [7, 11) is -2.31. The lowest BCUT2D eigenvalue weighted by atomic mass is 9.99. The highest BCUT2D eigenvalue weighted by Crippen LogP contribution is 2.30. The van der Waals surface area contributed by atoms with E-state index in [0.29, 0.717) is 43.2 Å². The quantitative estimate of drug-likeness (QED) is 0.419. The lowest BCUT2D eigenvalue weighted by Gasteiger charge is -2.31. The topological polar surface area (TPSA) is 101 Å². The van der Waals surface area contributed by atoms with Crippen LogP contribution in [0.25, 0.3) is 10.9 Å². The molecule has 11 heteroatoms. The normalized spacial score (nSPS) is 16.7. The molecule has 0 bridgehead atoms. The van der Waals surface area contributed by atoms with Crippen LogP contribution in [0.4, 0.5) is 5.69 Å². The van der Waals surface area contributed by atoms with Crippen molar-refractivity contribution in [2.75, 3.05) is 38.6 Å². The summed E-state index contributed by atoms with van der Waals surface area (Å²) in [4.78, 5) is 17.2. The van der Waals surface area contributed by atoms with Gasteiger partial charge in [0.25, 0.3) is 0 Å². The van der Waals surface area contributed by atoms with Gasteiger partial charge in [-0.3, -0.25) is 9.78 Å². The van der Waals surface area contributed by atoms with E-state index in [-0.39, 0.29) is 22.4 Å². The van der Waals surface area contributed by atoms with Gasteiger partial charge in [0.2, 0.25) is 15.9 Å². The van der Waals surface area contributed by atoms with Gasteiger partial charge in [-0.05, 0) is 55.3 Å². The molecule has 1 saturated heterocycles. The van der Waals surface area contributed by atoms with Crippen LogP contribution < -0.4 is 15.4 Å². The zero-order chi connectivity index (χ0) is 25.0. The van der Waals surface area contributed by atoms with Crippen LogP contribution in [0.5, 0.6) is 5.75 Å². The highest BCUT2D eigenvalue weighted by Gasteiger charge is 2.33. The van der Waals surface area contributed by atoms with Gasteiger partial charge in [0.15, 0.2) is 0 Å². The molecule has 1 fully saturated rings. The molecule has 0 radical (unpaired) electrons. The summed E-state index contributed by atoms with van der Waals surface area (Å²) in [6.45, 7) is 1.39. The van der Waals surface area contributed by atoms with E-state index in [4.69, 9.17) is 27.9 Å².